The first kappa shape index (κ1) is 26.0. The van der Waals surface area contributed by atoms with Crippen molar-refractivity contribution in [1.29, 1.82) is 0 Å². The molecule has 0 bridgehead atoms. The van der Waals surface area contributed by atoms with Gasteiger partial charge in [0.2, 0.25) is 5.91 Å². The molecule has 0 spiro atoms. The second kappa shape index (κ2) is 11.8. The summed E-state index contributed by atoms with van der Waals surface area (Å²) in [4.78, 5) is 19.1. The lowest BCUT2D eigenvalue weighted by Gasteiger charge is -2.33. The maximum Gasteiger partial charge on any atom is 0.231 e. The number of amides is 1. The molecule has 0 radical (unpaired) electrons. The van der Waals surface area contributed by atoms with Gasteiger partial charge in [-0.25, -0.2) is 0 Å². The van der Waals surface area contributed by atoms with Gasteiger partial charge in [-0.2, -0.15) is 0 Å². The van der Waals surface area contributed by atoms with E-state index in [2.05, 4.69) is 22.4 Å². The van der Waals surface area contributed by atoms with E-state index >= 15 is 0 Å². The van der Waals surface area contributed by atoms with E-state index in [1.807, 2.05) is 97.1 Å². The van der Waals surface area contributed by atoms with Crippen molar-refractivity contribution in [2.75, 3.05) is 19.5 Å². The van der Waals surface area contributed by atoms with Crippen LogP contribution in [-0.4, -0.2) is 25.1 Å². The number of rotatable bonds is 10. The Hall–Kier alpha value is -4.64. The Morgan fingerprint density at radius 1 is 0.667 bits per heavy atom. The quantitative estimate of drug-likeness (QED) is 0.219. The van der Waals surface area contributed by atoms with Crippen LogP contribution in [0.2, 0.25) is 0 Å². The zero-order chi connectivity index (χ0) is 27.1. The maximum absolute atomic E-state index is 14.5. The van der Waals surface area contributed by atoms with Gasteiger partial charge in [0.25, 0.3) is 0 Å². The molecule has 0 aliphatic rings. The SMILES string of the molecule is COc1ccc(CC(Cc2ccccc2)(Cc2ccc(OC)cc2)C(=O)Nc2cccc3cccnc23)cc1. The number of ether oxygens (including phenoxy) is 2. The molecule has 39 heavy (non-hydrogen) atoms. The van der Waals surface area contributed by atoms with Gasteiger partial charge in [-0.3, -0.25) is 9.78 Å². The van der Waals surface area contributed by atoms with Crippen LogP contribution in [0, 0.1) is 5.41 Å². The molecule has 5 aromatic rings. The average Bonchev–Trinajstić information content (AvgIpc) is 2.98. The third-order valence-corrected chi connectivity index (χ3v) is 7.15. The molecule has 5 rings (SSSR count). The van der Waals surface area contributed by atoms with Crippen LogP contribution in [0.25, 0.3) is 10.9 Å². The maximum atomic E-state index is 14.5. The number of pyridine rings is 1. The summed E-state index contributed by atoms with van der Waals surface area (Å²) in [6.45, 7) is 0. The minimum Gasteiger partial charge on any atom is -0.497 e. The van der Waals surface area contributed by atoms with E-state index < -0.39 is 5.41 Å². The molecule has 5 heteroatoms. The van der Waals surface area contributed by atoms with Crippen LogP contribution in [0.1, 0.15) is 16.7 Å². The van der Waals surface area contributed by atoms with E-state index in [-0.39, 0.29) is 5.91 Å². The van der Waals surface area contributed by atoms with Crippen molar-refractivity contribution in [1.82, 2.24) is 4.98 Å². The minimum atomic E-state index is -0.790. The Bertz CT molecular complexity index is 1480. The number of aromatic nitrogens is 1. The van der Waals surface area contributed by atoms with Gasteiger partial charge in [0, 0.05) is 11.6 Å². The molecule has 0 atom stereocenters. The van der Waals surface area contributed by atoms with E-state index in [1.165, 1.54) is 0 Å². The molecular formula is C34H32N2O3. The number of nitrogens with zero attached hydrogens (tertiary/aromatic N) is 1. The van der Waals surface area contributed by atoms with Gasteiger partial charge in [0.1, 0.15) is 11.5 Å². The summed E-state index contributed by atoms with van der Waals surface area (Å²) < 4.78 is 10.8. The van der Waals surface area contributed by atoms with Crippen LogP contribution < -0.4 is 14.8 Å². The summed E-state index contributed by atoms with van der Waals surface area (Å²) in [6.07, 6.45) is 3.41. The summed E-state index contributed by atoms with van der Waals surface area (Å²) in [5.74, 6) is 1.53. The molecule has 0 saturated carbocycles. The molecule has 0 unspecified atom stereocenters. The predicted octanol–water partition coefficient (Wildman–Crippen LogP) is 6.91. The van der Waals surface area contributed by atoms with Gasteiger partial charge in [-0.05, 0) is 72.4 Å². The highest BCUT2D eigenvalue weighted by Crippen LogP contribution is 2.36. The number of anilines is 1. The highest BCUT2D eigenvalue weighted by molar-refractivity contribution is 6.02. The van der Waals surface area contributed by atoms with Crippen LogP contribution in [0.3, 0.4) is 0 Å². The van der Waals surface area contributed by atoms with Gasteiger partial charge in [-0.15, -0.1) is 0 Å². The third kappa shape index (κ3) is 6.10. The predicted molar refractivity (Wildman–Crippen MR) is 156 cm³/mol. The number of carbonyl (C=O) groups excluding carboxylic acids is 1. The second-order valence-corrected chi connectivity index (χ2v) is 9.83. The average molecular weight is 517 g/mol. The Balaban J connectivity index is 1.59. The molecule has 5 nitrogen and oxygen atoms in total. The Labute approximate surface area is 229 Å². The number of benzene rings is 4. The van der Waals surface area contributed by atoms with E-state index in [9.17, 15) is 4.79 Å². The smallest absolute Gasteiger partial charge is 0.231 e. The standard InChI is InChI=1S/C34H32N2O3/c1-38-29-17-13-26(14-18-29)23-34(22-25-8-4-3-5-9-25,24-27-15-19-30(39-2)20-16-27)33(37)36-31-12-6-10-28-11-7-21-35-32(28)31/h3-21H,22-24H2,1-2H3,(H,36,37). The Morgan fingerprint density at radius 2 is 1.21 bits per heavy atom. The molecule has 0 fully saturated rings. The lowest BCUT2D eigenvalue weighted by molar-refractivity contribution is -0.125. The summed E-state index contributed by atoms with van der Waals surface area (Å²) in [5.41, 5.74) is 3.92. The highest BCUT2D eigenvalue weighted by atomic mass is 16.5. The van der Waals surface area contributed by atoms with Crippen molar-refractivity contribution in [3.63, 3.8) is 0 Å². The molecule has 1 amide bonds. The third-order valence-electron chi connectivity index (χ3n) is 7.15. The van der Waals surface area contributed by atoms with E-state index in [1.54, 1.807) is 20.4 Å². The molecule has 196 valence electrons. The van der Waals surface area contributed by atoms with Gasteiger partial charge in [0.15, 0.2) is 0 Å². The highest BCUT2D eigenvalue weighted by Gasteiger charge is 2.39. The van der Waals surface area contributed by atoms with Crippen molar-refractivity contribution in [3.8, 4) is 11.5 Å². The summed E-state index contributed by atoms with van der Waals surface area (Å²) in [6, 6.07) is 35.9. The zero-order valence-electron chi connectivity index (χ0n) is 22.3. The first-order chi connectivity index (χ1) is 19.1. The zero-order valence-corrected chi connectivity index (χ0v) is 22.3. The van der Waals surface area contributed by atoms with Crippen molar-refractivity contribution in [2.45, 2.75) is 19.3 Å². The van der Waals surface area contributed by atoms with Gasteiger partial charge < -0.3 is 14.8 Å². The fraction of sp³-hybridized carbons (Fsp3) is 0.176. The molecule has 1 aromatic heterocycles. The molecular weight excluding hydrogens is 484 g/mol. The number of para-hydroxylation sites is 1. The number of methoxy groups -OCH3 is 2. The topological polar surface area (TPSA) is 60.5 Å². The first-order valence-corrected chi connectivity index (χ1v) is 13.0. The lowest BCUT2D eigenvalue weighted by atomic mass is 9.71. The van der Waals surface area contributed by atoms with E-state index in [0.29, 0.717) is 24.9 Å². The molecule has 0 aliphatic heterocycles. The van der Waals surface area contributed by atoms with Crippen molar-refractivity contribution in [2.24, 2.45) is 5.41 Å². The van der Waals surface area contributed by atoms with Crippen molar-refractivity contribution in [3.05, 3.63) is 132 Å². The molecule has 4 aromatic carbocycles. The monoisotopic (exact) mass is 516 g/mol. The van der Waals surface area contributed by atoms with Gasteiger partial charge in [-0.1, -0.05) is 72.8 Å². The van der Waals surface area contributed by atoms with E-state index in [0.717, 1.165) is 39.1 Å². The number of fused-ring (bicyclic) bond motifs is 1. The molecule has 0 saturated heterocycles. The van der Waals surface area contributed by atoms with Crippen molar-refractivity contribution >= 4 is 22.5 Å². The first-order valence-electron chi connectivity index (χ1n) is 13.0. The normalized spacial score (nSPS) is 11.2. The van der Waals surface area contributed by atoms with Crippen LogP contribution in [0.5, 0.6) is 11.5 Å². The van der Waals surface area contributed by atoms with Crippen LogP contribution >= 0.6 is 0 Å². The summed E-state index contributed by atoms with van der Waals surface area (Å²) >= 11 is 0. The lowest BCUT2D eigenvalue weighted by Crippen LogP contribution is -2.42. The minimum absolute atomic E-state index is 0.0452. The number of nitrogens with one attached hydrogen (secondary N) is 1. The molecule has 0 aliphatic carbocycles. The Kier molecular flexibility index (Phi) is 7.88. The van der Waals surface area contributed by atoms with E-state index in [4.69, 9.17) is 9.47 Å². The second-order valence-electron chi connectivity index (χ2n) is 9.83. The fourth-order valence-electron chi connectivity index (χ4n) is 5.14. The fourth-order valence-corrected chi connectivity index (χ4v) is 5.14. The van der Waals surface area contributed by atoms with Gasteiger partial charge >= 0.3 is 0 Å². The van der Waals surface area contributed by atoms with Crippen LogP contribution in [-0.2, 0) is 24.1 Å². The molecule has 1 heterocycles. The van der Waals surface area contributed by atoms with Crippen molar-refractivity contribution < 1.29 is 14.3 Å². The number of hydrogen-bond donors (Lipinski definition) is 1. The summed E-state index contributed by atoms with van der Waals surface area (Å²) in [5, 5.41) is 4.26. The Morgan fingerprint density at radius 3 is 1.77 bits per heavy atom. The van der Waals surface area contributed by atoms with Gasteiger partial charge in [0.05, 0.1) is 30.8 Å². The largest absolute Gasteiger partial charge is 0.497 e. The van der Waals surface area contributed by atoms with Crippen LogP contribution in [0.4, 0.5) is 5.69 Å². The summed E-state index contributed by atoms with van der Waals surface area (Å²) in [7, 11) is 3.31. The van der Waals surface area contributed by atoms with Crippen LogP contribution in [0.15, 0.2) is 115 Å². The molecule has 1 N–H and O–H groups in total. The number of carbonyl (C=O) groups is 1. The number of hydrogen-bond acceptors (Lipinski definition) is 4.